The number of nitrogens with zero attached hydrogens (tertiary/aromatic N) is 2. The first kappa shape index (κ1) is 16.7. The van der Waals surface area contributed by atoms with Crippen molar-refractivity contribution in [3.8, 4) is 11.5 Å². The Morgan fingerprint density at radius 1 is 1.15 bits per heavy atom. The van der Waals surface area contributed by atoms with Crippen molar-refractivity contribution >= 4 is 11.7 Å². The van der Waals surface area contributed by atoms with Crippen molar-refractivity contribution in [1.29, 1.82) is 0 Å². The molecule has 136 valence electrons. The molecule has 2 aromatic rings. The number of aromatic nitrogens is 1. The van der Waals surface area contributed by atoms with Crippen molar-refractivity contribution in [3.63, 3.8) is 0 Å². The van der Waals surface area contributed by atoms with Gasteiger partial charge in [-0.05, 0) is 54.7 Å². The molecule has 4 rings (SSSR count). The Balaban J connectivity index is 1.55. The molecule has 1 N–H and O–H groups in total. The van der Waals surface area contributed by atoms with Gasteiger partial charge in [-0.15, -0.1) is 0 Å². The van der Waals surface area contributed by atoms with Gasteiger partial charge in [0, 0.05) is 30.9 Å². The number of methoxy groups -OCH3 is 2. The number of carbonyl (C=O) groups is 1. The average Bonchev–Trinajstić information content (AvgIpc) is 3.50. The second-order valence-corrected chi connectivity index (χ2v) is 6.80. The molecule has 1 saturated carbocycles. The summed E-state index contributed by atoms with van der Waals surface area (Å²) in [5, 5.41) is 3.03. The quantitative estimate of drug-likeness (QED) is 0.895. The molecule has 0 saturated heterocycles. The largest absolute Gasteiger partial charge is 0.493 e. The Bertz CT molecular complexity index is 833. The number of carbonyl (C=O) groups excluding carboxylic acids is 1. The van der Waals surface area contributed by atoms with Crippen molar-refractivity contribution in [1.82, 2.24) is 10.3 Å². The van der Waals surface area contributed by atoms with Gasteiger partial charge in [0.1, 0.15) is 5.82 Å². The third kappa shape index (κ3) is 3.31. The van der Waals surface area contributed by atoms with E-state index in [2.05, 4.69) is 21.3 Å². The number of amides is 1. The fourth-order valence-electron chi connectivity index (χ4n) is 3.31. The van der Waals surface area contributed by atoms with E-state index in [1.807, 2.05) is 12.1 Å². The van der Waals surface area contributed by atoms with Gasteiger partial charge in [-0.1, -0.05) is 0 Å². The van der Waals surface area contributed by atoms with Gasteiger partial charge in [-0.2, -0.15) is 0 Å². The van der Waals surface area contributed by atoms with E-state index in [0.29, 0.717) is 11.6 Å². The molecule has 0 spiro atoms. The van der Waals surface area contributed by atoms with Gasteiger partial charge in [0.15, 0.2) is 11.5 Å². The Kier molecular flexibility index (Phi) is 4.41. The maximum atomic E-state index is 12.3. The minimum atomic E-state index is -0.0139. The molecule has 0 atom stereocenters. The molecule has 0 unspecified atom stereocenters. The van der Waals surface area contributed by atoms with Crippen LogP contribution < -0.4 is 19.7 Å². The molecule has 0 bridgehead atoms. The molecule has 6 nitrogen and oxygen atoms in total. The lowest BCUT2D eigenvalue weighted by Gasteiger charge is -2.30. The molecule has 1 amide bonds. The number of hydrogen-bond donors (Lipinski definition) is 1. The summed E-state index contributed by atoms with van der Waals surface area (Å²) in [6, 6.07) is 8.09. The molecule has 2 aliphatic rings. The zero-order valence-corrected chi connectivity index (χ0v) is 15.1. The van der Waals surface area contributed by atoms with E-state index in [1.165, 1.54) is 11.1 Å². The van der Waals surface area contributed by atoms with Crippen LogP contribution in [0.3, 0.4) is 0 Å². The summed E-state index contributed by atoms with van der Waals surface area (Å²) in [5.41, 5.74) is 3.13. The monoisotopic (exact) mass is 353 g/mol. The van der Waals surface area contributed by atoms with Crippen LogP contribution in [-0.2, 0) is 13.0 Å². The van der Waals surface area contributed by atoms with E-state index in [-0.39, 0.29) is 5.91 Å². The third-order valence-corrected chi connectivity index (χ3v) is 4.96. The average molecular weight is 353 g/mol. The van der Waals surface area contributed by atoms with E-state index in [9.17, 15) is 4.79 Å². The Hall–Kier alpha value is -2.76. The standard InChI is InChI=1S/C20H23N3O3/c1-25-17-9-13-6-8-23(12-15(13)10-18(17)26-2)19-11-14(5-7-21-19)20(24)22-16-3-4-16/h5,7,9-11,16H,3-4,6,8,12H2,1-2H3,(H,22,24). The fourth-order valence-corrected chi connectivity index (χ4v) is 3.31. The zero-order chi connectivity index (χ0) is 18.1. The van der Waals surface area contributed by atoms with Crippen molar-refractivity contribution in [2.24, 2.45) is 0 Å². The lowest BCUT2D eigenvalue weighted by atomic mass is 9.98. The summed E-state index contributed by atoms with van der Waals surface area (Å²) < 4.78 is 10.8. The van der Waals surface area contributed by atoms with Crippen LogP contribution in [0.2, 0.25) is 0 Å². The molecule has 26 heavy (non-hydrogen) atoms. The highest BCUT2D eigenvalue weighted by atomic mass is 16.5. The first-order valence-corrected chi connectivity index (χ1v) is 8.93. The summed E-state index contributed by atoms with van der Waals surface area (Å²) in [4.78, 5) is 19.0. The van der Waals surface area contributed by atoms with Gasteiger partial charge in [-0.25, -0.2) is 4.98 Å². The molecule has 2 heterocycles. The predicted molar refractivity (Wildman–Crippen MR) is 99.0 cm³/mol. The van der Waals surface area contributed by atoms with Gasteiger partial charge in [-0.3, -0.25) is 4.79 Å². The maximum Gasteiger partial charge on any atom is 0.251 e. The van der Waals surface area contributed by atoms with E-state index in [4.69, 9.17) is 9.47 Å². The van der Waals surface area contributed by atoms with Crippen LogP contribution in [0, 0.1) is 0 Å². The smallest absolute Gasteiger partial charge is 0.251 e. The molecule has 1 aromatic carbocycles. The topological polar surface area (TPSA) is 63.7 Å². The molecule has 1 aliphatic heterocycles. The first-order chi connectivity index (χ1) is 12.7. The van der Waals surface area contributed by atoms with Crippen LogP contribution >= 0.6 is 0 Å². The molecule has 6 heteroatoms. The number of hydrogen-bond acceptors (Lipinski definition) is 5. The molecule has 0 radical (unpaired) electrons. The van der Waals surface area contributed by atoms with Crippen molar-refractivity contribution in [3.05, 3.63) is 47.2 Å². The van der Waals surface area contributed by atoms with Crippen molar-refractivity contribution < 1.29 is 14.3 Å². The minimum Gasteiger partial charge on any atom is -0.493 e. The summed E-state index contributed by atoms with van der Waals surface area (Å²) in [6.07, 6.45) is 4.77. The van der Waals surface area contributed by atoms with E-state index >= 15 is 0 Å². The molecule has 1 aromatic heterocycles. The number of benzene rings is 1. The molecular weight excluding hydrogens is 330 g/mol. The SMILES string of the molecule is COc1cc2c(cc1OC)CN(c1cc(C(=O)NC3CC3)ccn1)CC2. The zero-order valence-electron chi connectivity index (χ0n) is 15.1. The summed E-state index contributed by atoms with van der Waals surface area (Å²) >= 11 is 0. The normalized spacial score (nSPS) is 16.0. The maximum absolute atomic E-state index is 12.3. The van der Waals surface area contributed by atoms with Gasteiger partial charge >= 0.3 is 0 Å². The summed E-state index contributed by atoms with van der Waals surface area (Å²) in [6.45, 7) is 1.58. The van der Waals surface area contributed by atoms with Crippen LogP contribution in [0.15, 0.2) is 30.5 Å². The lowest BCUT2D eigenvalue weighted by molar-refractivity contribution is 0.0951. The summed E-state index contributed by atoms with van der Waals surface area (Å²) in [5.74, 6) is 2.31. The van der Waals surface area contributed by atoms with Crippen LogP contribution in [0.1, 0.15) is 34.3 Å². The Labute approximate surface area is 153 Å². The Morgan fingerprint density at radius 2 is 1.88 bits per heavy atom. The van der Waals surface area contributed by atoms with Gasteiger partial charge < -0.3 is 19.7 Å². The second kappa shape index (κ2) is 6.86. The lowest BCUT2D eigenvalue weighted by Crippen LogP contribution is -2.31. The van der Waals surface area contributed by atoms with Crippen molar-refractivity contribution in [2.45, 2.75) is 31.8 Å². The highest BCUT2D eigenvalue weighted by Crippen LogP contribution is 2.34. The van der Waals surface area contributed by atoms with Gasteiger partial charge in [0.25, 0.3) is 5.91 Å². The number of anilines is 1. The highest BCUT2D eigenvalue weighted by Gasteiger charge is 2.25. The predicted octanol–water partition coefficient (Wildman–Crippen LogP) is 2.55. The van der Waals surface area contributed by atoms with E-state index < -0.39 is 0 Å². The fraction of sp³-hybridized carbons (Fsp3) is 0.400. The minimum absolute atomic E-state index is 0.0139. The number of pyridine rings is 1. The highest BCUT2D eigenvalue weighted by molar-refractivity contribution is 5.95. The van der Waals surface area contributed by atoms with Crippen molar-refractivity contribution in [2.75, 3.05) is 25.7 Å². The third-order valence-electron chi connectivity index (χ3n) is 4.96. The number of nitrogens with one attached hydrogen (secondary N) is 1. The van der Waals surface area contributed by atoms with E-state index in [0.717, 1.165) is 49.7 Å². The van der Waals surface area contributed by atoms with Crippen LogP contribution in [0.4, 0.5) is 5.82 Å². The van der Waals surface area contributed by atoms with Crippen LogP contribution in [-0.4, -0.2) is 37.7 Å². The first-order valence-electron chi connectivity index (χ1n) is 8.93. The second-order valence-electron chi connectivity index (χ2n) is 6.80. The van der Waals surface area contributed by atoms with Crippen LogP contribution in [0.25, 0.3) is 0 Å². The Morgan fingerprint density at radius 3 is 2.58 bits per heavy atom. The van der Waals surface area contributed by atoms with Gasteiger partial charge in [0.05, 0.1) is 14.2 Å². The summed E-state index contributed by atoms with van der Waals surface area (Å²) in [7, 11) is 3.30. The number of fused-ring (bicyclic) bond motifs is 1. The molecular formula is C20H23N3O3. The number of rotatable bonds is 5. The molecule has 1 fully saturated rings. The molecule has 1 aliphatic carbocycles. The van der Waals surface area contributed by atoms with Gasteiger partial charge in [0.2, 0.25) is 0 Å². The van der Waals surface area contributed by atoms with Crippen LogP contribution in [0.5, 0.6) is 11.5 Å². The number of ether oxygens (including phenoxy) is 2. The van der Waals surface area contributed by atoms with E-state index in [1.54, 1.807) is 26.5 Å².